The van der Waals surface area contributed by atoms with Crippen LogP contribution in [0.1, 0.15) is 151 Å². The van der Waals surface area contributed by atoms with Crippen molar-refractivity contribution in [3.8, 4) is 69.0 Å². The van der Waals surface area contributed by atoms with E-state index in [1.165, 1.54) is 50.1 Å². The molecule has 0 aliphatic carbocycles. The van der Waals surface area contributed by atoms with Gasteiger partial charge in [-0.25, -0.2) is 28.1 Å². The summed E-state index contributed by atoms with van der Waals surface area (Å²) in [7, 11) is 0. The van der Waals surface area contributed by atoms with E-state index in [0.29, 0.717) is 67.0 Å². The fourth-order valence-corrected chi connectivity index (χ4v) is 21.6. The summed E-state index contributed by atoms with van der Waals surface area (Å²) in [4.78, 5) is 121. The Morgan fingerprint density at radius 3 is 0.787 bits per heavy atom. The van der Waals surface area contributed by atoms with Crippen molar-refractivity contribution in [1.29, 1.82) is 15.8 Å². The van der Waals surface area contributed by atoms with E-state index in [2.05, 4.69) is 52.9 Å². The number of hydrogen-bond donors (Lipinski definition) is 3. The van der Waals surface area contributed by atoms with E-state index >= 15 is 13.2 Å². The zero-order valence-electron chi connectivity index (χ0n) is 78.4. The number of carbonyl (C=O) groups is 3. The number of nitrogen functional groups attached to an aromatic ring is 3. The van der Waals surface area contributed by atoms with Crippen LogP contribution in [0.2, 0.25) is 60.3 Å². The number of nitriles is 3. The molecule has 6 N–H and O–H groups in total. The highest BCUT2D eigenvalue weighted by Crippen LogP contribution is 2.52. The van der Waals surface area contributed by atoms with Crippen LogP contribution in [-0.4, -0.2) is 152 Å². The third-order valence-electron chi connectivity index (χ3n) is 24.9. The van der Waals surface area contributed by atoms with E-state index in [-0.39, 0.29) is 256 Å². The second kappa shape index (κ2) is 42.1. The fourth-order valence-electron chi connectivity index (χ4n) is 18.8. The molecular weight excluding hydrogens is 2060 g/mol. The molecule has 6 atom stereocenters. The van der Waals surface area contributed by atoms with Gasteiger partial charge in [0.25, 0.3) is 16.7 Å². The normalized spacial score (nSPS) is 16.6. The Bertz CT molecular complexity index is 6860. The van der Waals surface area contributed by atoms with E-state index < -0.39 is 51.2 Å². The molecule has 3 amide bonds. The number of nitrogens with two attached hydrogens (primary N) is 3. The lowest BCUT2D eigenvalue weighted by Crippen LogP contribution is -2.58. The maximum absolute atomic E-state index is 15.8. The van der Waals surface area contributed by atoms with Gasteiger partial charge in [-0.2, -0.15) is 15.8 Å². The molecule has 0 spiro atoms. The van der Waals surface area contributed by atoms with Gasteiger partial charge in [-0.05, 0) is 151 Å². The second-order valence-electron chi connectivity index (χ2n) is 35.3. The summed E-state index contributed by atoms with van der Waals surface area (Å²) in [5.41, 5.74) is 18.7. The predicted molar refractivity (Wildman–Crippen MR) is 560 cm³/mol. The van der Waals surface area contributed by atoms with Crippen molar-refractivity contribution in [2.75, 3.05) is 71.2 Å². The third-order valence-corrected chi connectivity index (χ3v) is 29.8. The van der Waals surface area contributed by atoms with Gasteiger partial charge in [-0.1, -0.05) is 200 Å². The Morgan fingerprint density at radius 1 is 0.383 bits per heavy atom. The molecule has 0 saturated carbocycles. The molecule has 0 bridgehead atoms. The number of rotatable bonds is 15. The average Bonchev–Trinajstić information content (AvgIpc) is 0.725. The van der Waals surface area contributed by atoms with Crippen LogP contribution in [0.5, 0.6) is 0 Å². The minimum absolute atomic E-state index is 0.0556. The molecule has 3 fully saturated rings. The van der Waals surface area contributed by atoms with Gasteiger partial charge in [0.1, 0.15) is 51.8 Å². The lowest BCUT2D eigenvalue weighted by molar-refractivity contribution is -0.131. The van der Waals surface area contributed by atoms with Crippen LogP contribution in [0.3, 0.4) is 0 Å². The number of nitrogens with zero attached hydrogens (tertiary/aromatic N) is 18. The largest absolute Gasteiger partial charge is 0.395 e. The first-order chi connectivity index (χ1) is 66.5. The summed E-state index contributed by atoms with van der Waals surface area (Å²) in [6.45, 7) is 40.8. The number of fused-ring (bicyclic) bond motifs is 3. The number of benzene rings is 3. The number of halogens is 15. The van der Waals surface area contributed by atoms with Crippen LogP contribution in [0, 0.1) is 72.2 Å². The maximum atomic E-state index is 15.8. The Balaban J connectivity index is 0.000000178. The molecule has 732 valence electrons. The van der Waals surface area contributed by atoms with Crippen molar-refractivity contribution in [3.63, 3.8) is 0 Å². The predicted octanol–water partition coefficient (Wildman–Crippen LogP) is 23.1. The molecule has 9 aromatic heterocycles. The molecule has 12 aromatic rings. The van der Waals surface area contributed by atoms with Gasteiger partial charge in [0.05, 0.1) is 162 Å². The third kappa shape index (κ3) is 18.8. The summed E-state index contributed by atoms with van der Waals surface area (Å²) in [5.74, 6) is -4.08. The minimum atomic E-state index is -0.994. The van der Waals surface area contributed by atoms with Gasteiger partial charge in [0.2, 0.25) is 17.7 Å². The van der Waals surface area contributed by atoms with E-state index in [1.807, 2.05) is 119 Å². The fraction of sp³-hybridized carbons (Fsp3) is 0.303. The number of hydrogen-bond acceptors (Lipinski definition) is 21. The summed E-state index contributed by atoms with van der Waals surface area (Å²) in [5, 5.41) is 30.2. The smallest absolute Gasteiger partial charge is 0.276 e. The Labute approximate surface area is 869 Å². The molecule has 15 rings (SSSR count). The van der Waals surface area contributed by atoms with Crippen LogP contribution in [-0.2, 0) is 14.4 Å². The number of pyridine rings is 9. The molecule has 0 unspecified atom stereocenters. The molecule has 42 heteroatoms. The molecule has 3 saturated heterocycles. The number of aromatic nitrogens is 9. The van der Waals surface area contributed by atoms with Crippen LogP contribution in [0.15, 0.2) is 107 Å². The summed E-state index contributed by atoms with van der Waals surface area (Å²) in [6.07, 6.45) is 8.68. The highest BCUT2D eigenvalue weighted by Gasteiger charge is 2.42. The zero-order chi connectivity index (χ0) is 104. The highest BCUT2D eigenvalue weighted by molar-refractivity contribution is 6.52. The van der Waals surface area contributed by atoms with Gasteiger partial charge >= 0.3 is 0 Å². The molecule has 12 heterocycles. The van der Waals surface area contributed by atoms with Gasteiger partial charge in [0.15, 0.2) is 17.5 Å². The van der Waals surface area contributed by atoms with Gasteiger partial charge < -0.3 is 46.6 Å². The van der Waals surface area contributed by atoms with E-state index in [9.17, 15) is 44.6 Å². The van der Waals surface area contributed by atoms with Gasteiger partial charge in [-0.3, -0.25) is 57.4 Å². The summed E-state index contributed by atoms with van der Waals surface area (Å²) >= 11 is 77.5. The first kappa shape index (κ1) is 107. The SMILES string of the molecule is C=CC(=O)N1[C@H](C)CN(c2c(C#N)c(=O)n(-c3c(C)ccnc3C(C)C)c3nc(-c4c(F)c(N)c(Cl)c(Cl)c4Cl)c(Cl)cc23)C[C@@H]1C.C=CC(=O)N1[C@H](C)CN(c2c(C#N)c(=O)n(-c3c(C)ccnc3C(C)C)c3nc(-c4c(F)c(N)c(Cl)c(Cl)c4Cl)c(Cl)cc23)C[C@@H]1C.C=CC(=O)N1[C@H](C)CN(c2c(C#N)c(=O)n(-c3c(C)ccnc3C(C)C)c3nc(-c4c(F)c(N)c(Cl)c(Cl)c4Cl)c(Cl)cc23)C[C@@H]1C. The van der Waals surface area contributed by atoms with E-state index in [0.717, 1.165) is 0 Å². The van der Waals surface area contributed by atoms with Crippen molar-refractivity contribution in [1.82, 2.24) is 58.3 Å². The van der Waals surface area contributed by atoms with Gasteiger partial charge in [-0.15, -0.1) is 0 Å². The van der Waals surface area contributed by atoms with E-state index in [1.54, 1.807) is 51.5 Å². The highest BCUT2D eigenvalue weighted by atomic mass is 35.5. The summed E-state index contributed by atoms with van der Waals surface area (Å²) < 4.78 is 51.3. The monoisotopic (exact) mass is 2150 g/mol. The van der Waals surface area contributed by atoms with Crippen molar-refractivity contribution in [2.24, 2.45) is 0 Å². The maximum Gasteiger partial charge on any atom is 0.276 e. The first-order valence-corrected chi connectivity index (χ1v) is 48.4. The molecule has 3 aliphatic rings. The molecule has 3 aromatic carbocycles. The number of anilines is 6. The van der Waals surface area contributed by atoms with Gasteiger partial charge in [0, 0.05) is 110 Å². The van der Waals surface area contributed by atoms with E-state index in [4.69, 9.17) is 171 Å². The Hall–Kier alpha value is -11.6. The standard InChI is InChI=1S/3C33H30Cl4FN7O2/c3*1-7-21(46)44-16(5)12-43(13-17(44)6)31-18-10-20(34)29(22-23(35)24(36)25(37)27(40)26(22)38)42-32(18)45(33(47)19(31)11-39)30-15(4)8-9-41-28(30)14(2)3/h3*7-10,14,16-17H,1,12-13,40H2,2-6H3/t3*16-,17+. The number of aryl methyl sites for hydroxylation is 3. The lowest BCUT2D eigenvalue weighted by Gasteiger charge is -2.45. The molecule has 0 radical (unpaired) electrons. The average molecular weight is 2150 g/mol. The van der Waals surface area contributed by atoms with Crippen LogP contribution >= 0.6 is 139 Å². The van der Waals surface area contributed by atoms with Crippen LogP contribution in [0.25, 0.3) is 83.9 Å². The van der Waals surface area contributed by atoms with Crippen LogP contribution in [0.4, 0.5) is 47.3 Å². The Morgan fingerprint density at radius 2 is 0.596 bits per heavy atom. The first-order valence-electron chi connectivity index (χ1n) is 43.9. The lowest BCUT2D eigenvalue weighted by atomic mass is 10.0. The quantitative estimate of drug-likeness (QED) is 0.0371. The second-order valence-corrected chi connectivity index (χ2v) is 40.0. The zero-order valence-corrected chi connectivity index (χ0v) is 87.5. The van der Waals surface area contributed by atoms with Crippen LogP contribution < -0.4 is 48.6 Å². The number of piperazine rings is 3. The van der Waals surface area contributed by atoms with Crippen molar-refractivity contribution in [2.45, 2.75) is 158 Å². The minimum Gasteiger partial charge on any atom is -0.395 e. The topological polar surface area (TPSA) is 363 Å². The van der Waals surface area contributed by atoms with Crippen molar-refractivity contribution in [3.05, 3.63) is 252 Å². The number of amides is 3. The molecule has 141 heavy (non-hydrogen) atoms. The molecular formula is C99H90Cl12F3N21O6. The molecule has 3 aliphatic heterocycles. The Kier molecular flexibility index (Phi) is 31.9. The van der Waals surface area contributed by atoms with Crippen molar-refractivity contribution < 1.29 is 27.6 Å². The van der Waals surface area contributed by atoms with Crippen molar-refractivity contribution >= 4 is 224 Å². The summed E-state index contributed by atoms with van der Waals surface area (Å²) in [6, 6.07) is 14.3. The number of carbonyl (C=O) groups excluding carboxylic acids is 3. The molecule has 27 nitrogen and oxygen atoms in total.